The van der Waals surface area contributed by atoms with Gasteiger partial charge in [-0.2, -0.15) is 14.6 Å². The minimum absolute atomic E-state index is 0.0323. The molecule has 0 saturated carbocycles. The van der Waals surface area contributed by atoms with E-state index in [0.717, 1.165) is 21.4 Å². The highest BCUT2D eigenvalue weighted by atomic mass is 32.1. The molecule has 0 fully saturated rings. The maximum atomic E-state index is 12.7. The van der Waals surface area contributed by atoms with Crippen LogP contribution in [0.3, 0.4) is 0 Å². The molecule has 28 heavy (non-hydrogen) atoms. The van der Waals surface area contributed by atoms with E-state index in [1.54, 1.807) is 18.2 Å². The third-order valence-corrected chi connectivity index (χ3v) is 5.03. The summed E-state index contributed by atoms with van der Waals surface area (Å²) in [6.45, 7) is 0. The highest BCUT2D eigenvalue weighted by Gasteiger charge is 2.12. The largest absolute Gasteiger partial charge is 0.296 e. The SMILES string of the molecule is O=c1nc2s/c(=C\c3ccc([N+](=O)[O-])cc3)c(=O)n2nc1Cc1ccccc1. The highest BCUT2D eigenvalue weighted by molar-refractivity contribution is 7.15. The van der Waals surface area contributed by atoms with Crippen LogP contribution in [0.5, 0.6) is 0 Å². The lowest BCUT2D eigenvalue weighted by Gasteiger charge is -1.99. The van der Waals surface area contributed by atoms with E-state index in [2.05, 4.69) is 10.1 Å². The molecule has 0 unspecified atom stereocenters. The molecule has 0 amide bonds. The zero-order chi connectivity index (χ0) is 19.7. The Bertz CT molecular complexity index is 1350. The van der Waals surface area contributed by atoms with Gasteiger partial charge in [0.1, 0.15) is 5.69 Å². The van der Waals surface area contributed by atoms with Crippen LogP contribution in [-0.4, -0.2) is 19.5 Å². The molecule has 9 heteroatoms. The van der Waals surface area contributed by atoms with Gasteiger partial charge in [0, 0.05) is 18.6 Å². The van der Waals surface area contributed by atoms with Crippen LogP contribution in [0.4, 0.5) is 5.69 Å². The fourth-order valence-corrected chi connectivity index (χ4v) is 3.59. The lowest BCUT2D eigenvalue weighted by atomic mass is 10.1. The fourth-order valence-electron chi connectivity index (χ4n) is 2.68. The summed E-state index contributed by atoms with van der Waals surface area (Å²) in [5, 5.41) is 14.9. The molecule has 4 rings (SSSR count). The van der Waals surface area contributed by atoms with Crippen molar-refractivity contribution in [1.29, 1.82) is 0 Å². The number of aromatic nitrogens is 3. The predicted molar refractivity (Wildman–Crippen MR) is 105 cm³/mol. The third-order valence-electron chi connectivity index (χ3n) is 4.07. The van der Waals surface area contributed by atoms with Crippen molar-refractivity contribution in [2.24, 2.45) is 0 Å². The summed E-state index contributed by atoms with van der Waals surface area (Å²) >= 11 is 1.05. The zero-order valence-electron chi connectivity index (χ0n) is 14.3. The summed E-state index contributed by atoms with van der Waals surface area (Å²) in [5.74, 6) is 0. The van der Waals surface area contributed by atoms with Gasteiger partial charge >= 0.3 is 0 Å². The molecule has 0 radical (unpaired) electrons. The molecule has 0 aliphatic heterocycles. The van der Waals surface area contributed by atoms with Crippen molar-refractivity contribution in [3.8, 4) is 0 Å². The molecule has 4 aromatic rings. The molecule has 0 atom stereocenters. The first-order chi connectivity index (χ1) is 13.5. The molecular weight excluding hydrogens is 380 g/mol. The van der Waals surface area contributed by atoms with E-state index in [0.29, 0.717) is 10.1 Å². The van der Waals surface area contributed by atoms with Crippen molar-refractivity contribution in [3.05, 3.63) is 107 Å². The van der Waals surface area contributed by atoms with E-state index < -0.39 is 10.5 Å². The predicted octanol–water partition coefficient (Wildman–Crippen LogP) is 1.56. The van der Waals surface area contributed by atoms with Crippen LogP contribution in [0.1, 0.15) is 16.8 Å². The topological polar surface area (TPSA) is 107 Å². The Morgan fingerprint density at radius 2 is 1.79 bits per heavy atom. The van der Waals surface area contributed by atoms with Gasteiger partial charge in [0.25, 0.3) is 16.8 Å². The number of hydrogen-bond donors (Lipinski definition) is 0. The Labute approximate surface area is 161 Å². The van der Waals surface area contributed by atoms with Crippen LogP contribution < -0.4 is 15.7 Å². The molecule has 0 spiro atoms. The van der Waals surface area contributed by atoms with Crippen LogP contribution >= 0.6 is 11.3 Å². The lowest BCUT2D eigenvalue weighted by Crippen LogP contribution is -2.28. The maximum Gasteiger partial charge on any atom is 0.296 e. The number of rotatable bonds is 4. The van der Waals surface area contributed by atoms with Crippen LogP contribution in [0, 0.1) is 10.1 Å². The zero-order valence-corrected chi connectivity index (χ0v) is 15.1. The molecule has 2 heterocycles. The first-order valence-corrected chi connectivity index (χ1v) is 9.06. The average molecular weight is 392 g/mol. The van der Waals surface area contributed by atoms with Crippen LogP contribution in [0.2, 0.25) is 0 Å². The van der Waals surface area contributed by atoms with E-state index in [1.807, 2.05) is 30.3 Å². The number of non-ortho nitro benzene ring substituents is 1. The number of benzene rings is 2. The first kappa shape index (κ1) is 17.7. The van der Waals surface area contributed by atoms with Gasteiger partial charge in [-0.25, -0.2) is 0 Å². The average Bonchev–Trinajstić information content (AvgIpc) is 2.98. The van der Waals surface area contributed by atoms with E-state index in [4.69, 9.17) is 0 Å². The quantitative estimate of drug-likeness (QED) is 0.385. The van der Waals surface area contributed by atoms with Crippen molar-refractivity contribution < 1.29 is 4.92 Å². The highest BCUT2D eigenvalue weighted by Crippen LogP contribution is 2.12. The Morgan fingerprint density at radius 1 is 1.07 bits per heavy atom. The molecule has 0 N–H and O–H groups in total. The summed E-state index contributed by atoms with van der Waals surface area (Å²) in [6, 6.07) is 15.2. The second kappa shape index (κ2) is 7.12. The molecule has 0 aliphatic carbocycles. The first-order valence-electron chi connectivity index (χ1n) is 8.24. The Balaban J connectivity index is 1.77. The summed E-state index contributed by atoms with van der Waals surface area (Å²) in [4.78, 5) is 39.4. The Kier molecular flexibility index (Phi) is 4.50. The van der Waals surface area contributed by atoms with E-state index in [-0.39, 0.29) is 28.3 Å². The second-order valence-electron chi connectivity index (χ2n) is 5.98. The van der Waals surface area contributed by atoms with Crippen LogP contribution in [-0.2, 0) is 6.42 Å². The molecule has 2 aromatic heterocycles. The van der Waals surface area contributed by atoms with Gasteiger partial charge in [0.2, 0.25) is 4.96 Å². The minimum atomic E-state index is -0.490. The van der Waals surface area contributed by atoms with Crippen molar-refractivity contribution in [2.75, 3.05) is 0 Å². The Hall–Kier alpha value is -3.72. The molecule has 8 nitrogen and oxygen atoms in total. The lowest BCUT2D eigenvalue weighted by molar-refractivity contribution is -0.384. The molecule has 0 bridgehead atoms. The van der Waals surface area contributed by atoms with Gasteiger partial charge in [-0.05, 0) is 29.3 Å². The smallest absolute Gasteiger partial charge is 0.266 e. The van der Waals surface area contributed by atoms with Gasteiger partial charge in [0.15, 0.2) is 0 Å². The molecule has 0 aliphatic rings. The number of thiazole rings is 1. The number of nitro benzene ring substituents is 1. The summed E-state index contributed by atoms with van der Waals surface area (Å²) in [7, 11) is 0. The monoisotopic (exact) mass is 392 g/mol. The summed E-state index contributed by atoms with van der Waals surface area (Å²) in [6.07, 6.45) is 1.88. The Morgan fingerprint density at radius 3 is 2.46 bits per heavy atom. The van der Waals surface area contributed by atoms with Crippen molar-refractivity contribution in [3.63, 3.8) is 0 Å². The van der Waals surface area contributed by atoms with Crippen molar-refractivity contribution >= 4 is 28.1 Å². The number of nitro groups is 1. The van der Waals surface area contributed by atoms with E-state index in [1.165, 1.54) is 12.1 Å². The molecule has 138 valence electrons. The van der Waals surface area contributed by atoms with Crippen molar-refractivity contribution in [1.82, 2.24) is 14.6 Å². The minimum Gasteiger partial charge on any atom is -0.266 e. The second-order valence-corrected chi connectivity index (χ2v) is 6.99. The van der Waals surface area contributed by atoms with Gasteiger partial charge < -0.3 is 0 Å². The molecule has 2 aromatic carbocycles. The number of nitrogens with zero attached hydrogens (tertiary/aromatic N) is 4. The van der Waals surface area contributed by atoms with E-state index >= 15 is 0 Å². The maximum absolute atomic E-state index is 12.7. The van der Waals surface area contributed by atoms with Gasteiger partial charge in [-0.1, -0.05) is 41.7 Å². The van der Waals surface area contributed by atoms with Crippen LogP contribution in [0.25, 0.3) is 11.0 Å². The number of hydrogen-bond acceptors (Lipinski definition) is 7. The van der Waals surface area contributed by atoms with Gasteiger partial charge in [0.05, 0.1) is 9.46 Å². The standard InChI is InChI=1S/C19H12N4O4S/c24-17-15(10-12-4-2-1-3-5-12)21-22-18(25)16(28-19(22)20-17)11-13-6-8-14(9-7-13)23(26)27/h1-9,11H,10H2/b16-11-. The summed E-state index contributed by atoms with van der Waals surface area (Å²) < 4.78 is 1.46. The number of fused-ring (bicyclic) bond motifs is 1. The molecular formula is C19H12N4O4S. The van der Waals surface area contributed by atoms with Gasteiger partial charge in [-0.3, -0.25) is 19.7 Å². The van der Waals surface area contributed by atoms with Gasteiger partial charge in [-0.15, -0.1) is 0 Å². The third kappa shape index (κ3) is 3.42. The van der Waals surface area contributed by atoms with Crippen molar-refractivity contribution in [2.45, 2.75) is 6.42 Å². The summed E-state index contributed by atoms with van der Waals surface area (Å²) in [5.41, 5.74) is 0.832. The van der Waals surface area contributed by atoms with Crippen LogP contribution in [0.15, 0.2) is 64.2 Å². The van der Waals surface area contributed by atoms with E-state index in [9.17, 15) is 19.7 Å². The fraction of sp³-hybridized carbons (Fsp3) is 0.0526. The molecule has 0 saturated heterocycles. The normalized spacial score (nSPS) is 11.8.